The summed E-state index contributed by atoms with van der Waals surface area (Å²) in [4.78, 5) is 0. The van der Waals surface area contributed by atoms with Crippen LogP contribution < -0.4 is 0 Å². The van der Waals surface area contributed by atoms with Gasteiger partial charge in [-0.05, 0) is 17.5 Å². The lowest BCUT2D eigenvalue weighted by Crippen LogP contribution is -2.00. The van der Waals surface area contributed by atoms with Gasteiger partial charge in [-0.25, -0.2) is 4.68 Å². The molecule has 0 aliphatic heterocycles. The van der Waals surface area contributed by atoms with Crippen LogP contribution in [0.4, 0.5) is 0 Å². The maximum absolute atomic E-state index is 4.82. The first kappa shape index (κ1) is 16.9. The molecule has 0 unspecified atom stereocenters. The van der Waals surface area contributed by atoms with Crippen molar-refractivity contribution in [1.82, 2.24) is 24.7 Å². The molecule has 0 bridgehead atoms. The van der Waals surface area contributed by atoms with Crippen LogP contribution in [0.25, 0.3) is 11.3 Å². The Morgan fingerprint density at radius 2 is 1.67 bits per heavy atom. The van der Waals surface area contributed by atoms with Gasteiger partial charge in [0.2, 0.25) is 0 Å². The van der Waals surface area contributed by atoms with E-state index in [1.807, 2.05) is 29.1 Å². The van der Waals surface area contributed by atoms with E-state index in [-0.39, 0.29) is 0 Å². The highest BCUT2D eigenvalue weighted by atomic mass is 15.4. The Kier molecular flexibility index (Phi) is 4.87. The van der Waals surface area contributed by atoms with E-state index in [1.165, 1.54) is 11.1 Å². The zero-order chi connectivity index (χ0) is 18.5. The van der Waals surface area contributed by atoms with Crippen molar-refractivity contribution in [2.45, 2.75) is 19.9 Å². The Bertz CT molecular complexity index is 1010. The Labute approximate surface area is 157 Å². The van der Waals surface area contributed by atoms with Crippen molar-refractivity contribution in [3.63, 3.8) is 0 Å². The second-order valence-electron chi connectivity index (χ2n) is 6.25. The maximum atomic E-state index is 4.82. The highest BCUT2D eigenvalue weighted by Gasteiger charge is 2.10. The van der Waals surface area contributed by atoms with E-state index in [1.54, 1.807) is 23.5 Å². The molecular formula is C21H20N6. The molecule has 4 aromatic rings. The first-order chi connectivity index (χ1) is 13.3. The third kappa shape index (κ3) is 4.00. The van der Waals surface area contributed by atoms with E-state index >= 15 is 0 Å². The number of rotatable bonds is 6. The molecule has 0 saturated carbocycles. The summed E-state index contributed by atoms with van der Waals surface area (Å²) in [7, 11) is 0. The lowest BCUT2D eigenvalue weighted by molar-refractivity contribution is 0.689. The zero-order valence-electron chi connectivity index (χ0n) is 15.1. The molecule has 0 amide bonds. The molecule has 27 heavy (non-hydrogen) atoms. The van der Waals surface area contributed by atoms with Gasteiger partial charge < -0.3 is 0 Å². The van der Waals surface area contributed by atoms with Crippen LogP contribution in [-0.4, -0.2) is 30.9 Å². The van der Waals surface area contributed by atoms with Crippen LogP contribution in [0.2, 0.25) is 0 Å². The molecule has 0 fully saturated rings. The number of hydrogen-bond acceptors (Lipinski definition) is 4. The second-order valence-corrected chi connectivity index (χ2v) is 6.25. The SMILES string of the molecule is CCc1ccc(-c2nn(Cc3ccccc3)cc2/C=N\n2cnnc2)cc1. The summed E-state index contributed by atoms with van der Waals surface area (Å²) >= 11 is 0. The highest BCUT2D eigenvalue weighted by Crippen LogP contribution is 2.22. The Morgan fingerprint density at radius 3 is 2.37 bits per heavy atom. The molecule has 0 atom stereocenters. The van der Waals surface area contributed by atoms with Crippen molar-refractivity contribution >= 4 is 6.21 Å². The van der Waals surface area contributed by atoms with E-state index in [9.17, 15) is 0 Å². The third-order valence-corrected chi connectivity index (χ3v) is 4.35. The molecular weight excluding hydrogens is 336 g/mol. The fourth-order valence-corrected chi connectivity index (χ4v) is 2.89. The average molecular weight is 356 g/mol. The minimum Gasteiger partial charge on any atom is -0.267 e. The van der Waals surface area contributed by atoms with Gasteiger partial charge in [0.25, 0.3) is 0 Å². The molecule has 2 aromatic carbocycles. The van der Waals surface area contributed by atoms with Gasteiger partial charge in [0.05, 0.1) is 12.8 Å². The second kappa shape index (κ2) is 7.78. The van der Waals surface area contributed by atoms with Gasteiger partial charge >= 0.3 is 0 Å². The Balaban J connectivity index is 1.69. The topological polar surface area (TPSA) is 60.9 Å². The Morgan fingerprint density at radius 1 is 0.926 bits per heavy atom. The summed E-state index contributed by atoms with van der Waals surface area (Å²) in [6.07, 6.45) is 7.94. The van der Waals surface area contributed by atoms with Gasteiger partial charge in [-0.2, -0.15) is 10.2 Å². The maximum Gasteiger partial charge on any atom is 0.141 e. The lowest BCUT2D eigenvalue weighted by Gasteiger charge is -2.02. The lowest BCUT2D eigenvalue weighted by atomic mass is 10.1. The smallest absolute Gasteiger partial charge is 0.141 e. The molecule has 0 spiro atoms. The minimum absolute atomic E-state index is 0.710. The summed E-state index contributed by atoms with van der Waals surface area (Å²) in [5, 5.41) is 16.8. The summed E-state index contributed by atoms with van der Waals surface area (Å²) in [5.74, 6) is 0. The monoisotopic (exact) mass is 356 g/mol. The van der Waals surface area contributed by atoms with E-state index in [4.69, 9.17) is 5.10 Å². The molecule has 2 heterocycles. The van der Waals surface area contributed by atoms with E-state index in [2.05, 4.69) is 58.6 Å². The minimum atomic E-state index is 0.710. The third-order valence-electron chi connectivity index (χ3n) is 4.35. The van der Waals surface area contributed by atoms with Crippen molar-refractivity contribution in [3.05, 3.63) is 90.1 Å². The number of aryl methyl sites for hydroxylation is 1. The molecule has 0 saturated heterocycles. The molecule has 0 aliphatic rings. The van der Waals surface area contributed by atoms with Gasteiger partial charge in [-0.3, -0.25) is 4.68 Å². The fraction of sp³-hybridized carbons (Fsp3) is 0.143. The molecule has 4 rings (SSSR count). The summed E-state index contributed by atoms with van der Waals surface area (Å²) in [6.45, 7) is 2.86. The molecule has 2 aromatic heterocycles. The van der Waals surface area contributed by atoms with Crippen molar-refractivity contribution in [2.24, 2.45) is 5.10 Å². The quantitative estimate of drug-likeness (QED) is 0.496. The van der Waals surface area contributed by atoms with Crippen LogP contribution >= 0.6 is 0 Å². The number of nitrogens with zero attached hydrogens (tertiary/aromatic N) is 6. The average Bonchev–Trinajstić information content (AvgIpc) is 3.37. The summed E-state index contributed by atoms with van der Waals surface area (Å²) < 4.78 is 3.52. The molecule has 0 N–H and O–H groups in total. The van der Waals surface area contributed by atoms with Gasteiger partial charge in [0, 0.05) is 17.3 Å². The van der Waals surface area contributed by atoms with Crippen molar-refractivity contribution in [3.8, 4) is 11.3 Å². The largest absolute Gasteiger partial charge is 0.267 e. The van der Waals surface area contributed by atoms with Crippen LogP contribution in [0.15, 0.2) is 78.6 Å². The standard InChI is InChI=1S/C21H20N6/c1-2-17-8-10-19(11-9-17)21-20(12-24-27-15-22-23-16-27)14-26(25-21)13-18-6-4-3-5-7-18/h3-12,14-16H,2,13H2,1H3/b24-12-. The van der Waals surface area contributed by atoms with Crippen LogP contribution in [0.5, 0.6) is 0 Å². The van der Waals surface area contributed by atoms with Crippen LogP contribution in [0.3, 0.4) is 0 Å². The van der Waals surface area contributed by atoms with Gasteiger partial charge in [0.1, 0.15) is 18.3 Å². The first-order valence-electron chi connectivity index (χ1n) is 8.91. The zero-order valence-corrected chi connectivity index (χ0v) is 15.1. The van der Waals surface area contributed by atoms with Gasteiger partial charge in [0.15, 0.2) is 0 Å². The summed E-state index contributed by atoms with van der Waals surface area (Å²) in [5.41, 5.74) is 5.44. The first-order valence-corrected chi connectivity index (χ1v) is 8.91. The van der Waals surface area contributed by atoms with Gasteiger partial charge in [-0.15, -0.1) is 10.2 Å². The molecule has 134 valence electrons. The van der Waals surface area contributed by atoms with Crippen molar-refractivity contribution < 1.29 is 0 Å². The predicted octanol–water partition coefficient (Wildman–Crippen LogP) is 3.63. The predicted molar refractivity (Wildman–Crippen MR) is 106 cm³/mol. The van der Waals surface area contributed by atoms with Crippen LogP contribution in [-0.2, 0) is 13.0 Å². The van der Waals surface area contributed by atoms with Gasteiger partial charge in [-0.1, -0.05) is 61.5 Å². The fourth-order valence-electron chi connectivity index (χ4n) is 2.89. The van der Waals surface area contributed by atoms with Crippen molar-refractivity contribution in [1.29, 1.82) is 0 Å². The molecule has 0 aliphatic carbocycles. The number of aromatic nitrogens is 5. The number of benzene rings is 2. The molecule has 0 radical (unpaired) electrons. The van der Waals surface area contributed by atoms with Crippen LogP contribution in [0, 0.1) is 0 Å². The van der Waals surface area contributed by atoms with E-state index in [0.29, 0.717) is 6.54 Å². The molecule has 6 heteroatoms. The number of hydrogen-bond donors (Lipinski definition) is 0. The summed E-state index contributed by atoms with van der Waals surface area (Å²) in [6, 6.07) is 18.8. The van der Waals surface area contributed by atoms with Crippen molar-refractivity contribution in [2.75, 3.05) is 0 Å². The normalized spacial score (nSPS) is 11.3. The Hall–Kier alpha value is -3.54. The highest BCUT2D eigenvalue weighted by molar-refractivity contribution is 5.88. The van der Waals surface area contributed by atoms with Crippen LogP contribution in [0.1, 0.15) is 23.6 Å². The van der Waals surface area contributed by atoms with E-state index in [0.717, 1.165) is 23.2 Å². The van der Waals surface area contributed by atoms with E-state index < -0.39 is 0 Å². The molecule has 6 nitrogen and oxygen atoms in total.